The van der Waals surface area contributed by atoms with E-state index in [-0.39, 0.29) is 18.7 Å². The molecule has 1 saturated carbocycles. The lowest BCUT2D eigenvalue weighted by Crippen LogP contribution is -2.36. The second-order valence-electron chi connectivity index (χ2n) is 15.1. The van der Waals surface area contributed by atoms with Gasteiger partial charge in [-0.3, -0.25) is 4.79 Å². The molecule has 0 aromatic heterocycles. The van der Waals surface area contributed by atoms with E-state index in [2.05, 4.69) is 27.4 Å². The minimum atomic E-state index is -0.458. The van der Waals surface area contributed by atoms with E-state index in [9.17, 15) is 14.4 Å². The van der Waals surface area contributed by atoms with Crippen LogP contribution in [-0.2, 0) is 14.3 Å². The molecular weight excluding hydrogens is 689 g/mol. The van der Waals surface area contributed by atoms with Crippen molar-refractivity contribution in [3.8, 4) is 39.5 Å². The minimum Gasteiger partial charge on any atom is -0.427 e. The van der Waals surface area contributed by atoms with E-state index in [1.165, 1.54) is 25.7 Å². The third-order valence-corrected chi connectivity index (χ3v) is 10.4. The molecule has 0 spiro atoms. The number of rotatable bonds is 19. The van der Waals surface area contributed by atoms with Gasteiger partial charge in [0.05, 0.1) is 11.7 Å². The molecule has 0 bridgehead atoms. The molecule has 0 saturated heterocycles. The zero-order valence-corrected chi connectivity index (χ0v) is 32.7. The fourth-order valence-electron chi connectivity index (χ4n) is 7.20. The molecule has 55 heavy (non-hydrogen) atoms. The van der Waals surface area contributed by atoms with Crippen LogP contribution in [-0.4, -0.2) is 30.6 Å². The number of unbranched alkanes of at least 4 members (excludes halogenated alkanes) is 6. The summed E-state index contributed by atoms with van der Waals surface area (Å²) in [7, 11) is 0. The van der Waals surface area contributed by atoms with Crippen molar-refractivity contribution in [2.45, 2.75) is 97.5 Å². The molecule has 1 aliphatic rings. The van der Waals surface area contributed by atoms with Crippen molar-refractivity contribution >= 4 is 17.9 Å². The van der Waals surface area contributed by atoms with Crippen LogP contribution >= 0.6 is 0 Å². The van der Waals surface area contributed by atoms with E-state index in [4.69, 9.17) is 18.9 Å². The van der Waals surface area contributed by atoms with Gasteiger partial charge in [0.25, 0.3) is 0 Å². The monoisotopic (exact) mass is 744 g/mol. The van der Waals surface area contributed by atoms with Crippen LogP contribution in [0.3, 0.4) is 0 Å². The van der Waals surface area contributed by atoms with Gasteiger partial charge in [0.15, 0.2) is 0 Å². The zero-order chi connectivity index (χ0) is 39.0. The highest BCUT2D eigenvalue weighted by Crippen LogP contribution is 2.35. The largest absolute Gasteiger partial charge is 0.427 e. The molecule has 1 fully saturated rings. The SMILES string of the molecule is C=CCCCCCCCCC(=O)Oc1ccc(-c2ccc(OC(=O)c3ccc(-c4ccc(OC(=O)COC5CC(C)CCC5C(C)C)cc4)cc3)cc2)cc1. The predicted octanol–water partition coefficient (Wildman–Crippen LogP) is 11.8. The van der Waals surface area contributed by atoms with Crippen molar-refractivity contribution in [1.82, 2.24) is 0 Å². The molecule has 4 aromatic rings. The first-order valence-corrected chi connectivity index (χ1v) is 20.0. The molecule has 7 heteroatoms. The summed E-state index contributed by atoms with van der Waals surface area (Å²) in [5.74, 6) is 1.94. The molecular formula is C48H56O7. The lowest BCUT2D eigenvalue weighted by Gasteiger charge is -2.36. The number of hydrogen-bond acceptors (Lipinski definition) is 7. The first kappa shape index (κ1) is 41.2. The Bertz CT molecular complexity index is 1810. The molecule has 4 aromatic carbocycles. The van der Waals surface area contributed by atoms with Gasteiger partial charge in [-0.05, 0) is 121 Å². The van der Waals surface area contributed by atoms with Crippen LogP contribution in [0, 0.1) is 17.8 Å². The van der Waals surface area contributed by atoms with Gasteiger partial charge in [0, 0.05) is 6.42 Å². The number of carbonyl (C=O) groups excluding carboxylic acids is 3. The third kappa shape index (κ3) is 13.1. The summed E-state index contributed by atoms with van der Waals surface area (Å²) in [6, 6.07) is 29.2. The highest BCUT2D eigenvalue weighted by atomic mass is 16.6. The van der Waals surface area contributed by atoms with Crippen LogP contribution in [0.1, 0.15) is 102 Å². The summed E-state index contributed by atoms with van der Waals surface area (Å²) in [4.78, 5) is 37.8. The van der Waals surface area contributed by atoms with Crippen molar-refractivity contribution in [3.05, 3.63) is 115 Å². The average Bonchev–Trinajstić information content (AvgIpc) is 3.19. The Morgan fingerprint density at radius 1 is 0.636 bits per heavy atom. The highest BCUT2D eigenvalue weighted by Gasteiger charge is 2.32. The average molecular weight is 745 g/mol. The summed E-state index contributed by atoms with van der Waals surface area (Å²) >= 11 is 0. The Hall–Kier alpha value is -5.01. The minimum absolute atomic E-state index is 0.0597. The summed E-state index contributed by atoms with van der Waals surface area (Å²) < 4.78 is 22.8. The maximum atomic E-state index is 12.9. The molecule has 0 N–H and O–H groups in total. The van der Waals surface area contributed by atoms with Crippen LogP contribution in [0.5, 0.6) is 17.2 Å². The predicted molar refractivity (Wildman–Crippen MR) is 218 cm³/mol. The van der Waals surface area contributed by atoms with Gasteiger partial charge in [0.2, 0.25) is 0 Å². The van der Waals surface area contributed by atoms with Crippen molar-refractivity contribution in [2.24, 2.45) is 17.8 Å². The standard InChI is InChI=1S/C48H56O7/c1-5-6-7-8-9-10-11-12-13-46(49)53-41-25-19-38(20-26-41)39-23-29-43(30-24-39)55-48(51)40-17-15-36(16-18-40)37-21-27-42(28-22-37)54-47(50)33-52-45-32-35(4)14-31-44(45)34(2)3/h5,15-30,34-35,44-45H,1,6-14,31-33H2,2-4H3. The van der Waals surface area contributed by atoms with Gasteiger partial charge in [-0.25, -0.2) is 9.59 Å². The molecule has 0 aliphatic heterocycles. The molecule has 3 atom stereocenters. The van der Waals surface area contributed by atoms with Crippen molar-refractivity contribution in [2.75, 3.05) is 6.61 Å². The van der Waals surface area contributed by atoms with E-state index in [0.29, 0.717) is 47.0 Å². The maximum absolute atomic E-state index is 12.9. The topological polar surface area (TPSA) is 88.1 Å². The summed E-state index contributed by atoms with van der Waals surface area (Å²) in [6.45, 7) is 10.4. The quantitative estimate of drug-likeness (QED) is 0.0409. The zero-order valence-electron chi connectivity index (χ0n) is 32.7. The van der Waals surface area contributed by atoms with E-state index in [1.54, 1.807) is 48.5 Å². The van der Waals surface area contributed by atoms with E-state index in [0.717, 1.165) is 60.8 Å². The lowest BCUT2D eigenvalue weighted by molar-refractivity contribution is -0.145. The Morgan fingerprint density at radius 2 is 1.11 bits per heavy atom. The molecule has 0 amide bonds. The van der Waals surface area contributed by atoms with E-state index < -0.39 is 11.9 Å². The molecule has 5 rings (SSSR count). The number of hydrogen-bond donors (Lipinski definition) is 0. The van der Waals surface area contributed by atoms with E-state index in [1.807, 2.05) is 54.6 Å². The van der Waals surface area contributed by atoms with Crippen LogP contribution in [0.2, 0.25) is 0 Å². The fraction of sp³-hybridized carbons (Fsp3) is 0.396. The number of benzene rings is 4. The van der Waals surface area contributed by atoms with Crippen LogP contribution in [0.25, 0.3) is 22.3 Å². The van der Waals surface area contributed by atoms with Crippen molar-refractivity contribution in [1.29, 1.82) is 0 Å². The summed E-state index contributed by atoms with van der Waals surface area (Å²) in [5.41, 5.74) is 4.15. The number of ether oxygens (including phenoxy) is 4. The van der Waals surface area contributed by atoms with Crippen molar-refractivity contribution < 1.29 is 33.3 Å². The first-order valence-electron chi connectivity index (χ1n) is 20.0. The van der Waals surface area contributed by atoms with Crippen LogP contribution < -0.4 is 14.2 Å². The van der Waals surface area contributed by atoms with Gasteiger partial charge < -0.3 is 18.9 Å². The maximum Gasteiger partial charge on any atom is 0.343 e. The van der Waals surface area contributed by atoms with Gasteiger partial charge in [0.1, 0.15) is 23.9 Å². The van der Waals surface area contributed by atoms with Gasteiger partial charge in [-0.15, -0.1) is 6.58 Å². The Morgan fingerprint density at radius 3 is 1.64 bits per heavy atom. The van der Waals surface area contributed by atoms with Gasteiger partial charge in [-0.2, -0.15) is 0 Å². The second kappa shape index (κ2) is 21.2. The molecule has 3 unspecified atom stereocenters. The van der Waals surface area contributed by atoms with E-state index >= 15 is 0 Å². The first-order chi connectivity index (χ1) is 26.7. The van der Waals surface area contributed by atoms with Gasteiger partial charge in [-0.1, -0.05) is 107 Å². The Kier molecular flexibility index (Phi) is 15.8. The fourth-order valence-corrected chi connectivity index (χ4v) is 7.20. The number of carbonyl (C=O) groups is 3. The summed E-state index contributed by atoms with van der Waals surface area (Å²) in [5, 5.41) is 0. The van der Waals surface area contributed by atoms with Crippen LogP contribution in [0.15, 0.2) is 110 Å². The van der Waals surface area contributed by atoms with Crippen molar-refractivity contribution in [3.63, 3.8) is 0 Å². The molecule has 290 valence electrons. The molecule has 0 radical (unpaired) electrons. The number of allylic oxidation sites excluding steroid dienone is 1. The normalized spacial score (nSPS) is 16.7. The second-order valence-corrected chi connectivity index (χ2v) is 15.1. The molecule has 7 nitrogen and oxygen atoms in total. The highest BCUT2D eigenvalue weighted by molar-refractivity contribution is 5.91. The Labute approximate surface area is 327 Å². The molecule has 1 aliphatic carbocycles. The third-order valence-electron chi connectivity index (χ3n) is 10.4. The summed E-state index contributed by atoms with van der Waals surface area (Å²) in [6.07, 6.45) is 13.5. The number of esters is 3. The smallest absolute Gasteiger partial charge is 0.343 e. The Balaban J connectivity index is 1.04. The molecule has 0 heterocycles. The lowest BCUT2D eigenvalue weighted by atomic mass is 9.75. The van der Waals surface area contributed by atoms with Crippen LogP contribution in [0.4, 0.5) is 0 Å². The van der Waals surface area contributed by atoms with Gasteiger partial charge >= 0.3 is 17.9 Å².